The van der Waals surface area contributed by atoms with Crippen LogP contribution in [0.3, 0.4) is 0 Å². The molecule has 2 heterocycles. The van der Waals surface area contributed by atoms with E-state index in [1.54, 1.807) is 0 Å². The summed E-state index contributed by atoms with van der Waals surface area (Å²) in [5.41, 5.74) is 0. The molecule has 4 nitrogen and oxygen atoms in total. The van der Waals surface area contributed by atoms with E-state index in [0.717, 1.165) is 64.2 Å². The summed E-state index contributed by atoms with van der Waals surface area (Å²) >= 11 is 0. The first kappa shape index (κ1) is 15.5. The molecule has 2 amide bonds. The number of fused-ring (bicyclic) bond motifs is 2. The van der Waals surface area contributed by atoms with Gasteiger partial charge in [0.2, 0.25) is 11.8 Å². The van der Waals surface area contributed by atoms with E-state index in [2.05, 4.69) is 9.80 Å². The van der Waals surface area contributed by atoms with Crippen molar-refractivity contribution in [3.05, 3.63) is 0 Å². The van der Waals surface area contributed by atoms with Gasteiger partial charge in [0.05, 0.1) is 0 Å². The summed E-state index contributed by atoms with van der Waals surface area (Å²) in [5, 5.41) is 0. The quantitative estimate of drug-likeness (QED) is 0.785. The minimum atomic E-state index is 0.164. The third-order valence-electron chi connectivity index (χ3n) is 6.88. The molecule has 2 saturated carbocycles. The zero-order valence-corrected chi connectivity index (χ0v) is 14.2. The maximum atomic E-state index is 12.8. The fourth-order valence-electron chi connectivity index (χ4n) is 5.50. The molecule has 4 aliphatic rings. The van der Waals surface area contributed by atoms with E-state index in [1.165, 1.54) is 25.7 Å². The van der Waals surface area contributed by atoms with Crippen LogP contribution in [-0.4, -0.2) is 47.8 Å². The number of nitrogens with zero attached hydrogens (tertiary/aromatic N) is 2. The van der Waals surface area contributed by atoms with Gasteiger partial charge in [-0.05, 0) is 63.2 Å². The molecule has 2 saturated heterocycles. The molecule has 0 N–H and O–H groups in total. The highest BCUT2D eigenvalue weighted by Crippen LogP contribution is 2.49. The van der Waals surface area contributed by atoms with Crippen LogP contribution in [0.1, 0.15) is 57.8 Å². The normalized spacial score (nSPS) is 34.9. The minimum absolute atomic E-state index is 0.164. The van der Waals surface area contributed by atoms with Gasteiger partial charge >= 0.3 is 0 Å². The first-order chi connectivity index (χ1) is 11.2. The number of carbonyl (C=O) groups excluding carboxylic acids is 2. The van der Waals surface area contributed by atoms with E-state index in [9.17, 15) is 9.59 Å². The Kier molecular flexibility index (Phi) is 4.33. The van der Waals surface area contributed by atoms with Crippen LogP contribution >= 0.6 is 0 Å². The number of amides is 2. The largest absolute Gasteiger partial charge is 0.342 e. The van der Waals surface area contributed by atoms with Crippen molar-refractivity contribution in [3.63, 3.8) is 0 Å². The van der Waals surface area contributed by atoms with Crippen LogP contribution in [-0.2, 0) is 9.59 Å². The predicted molar refractivity (Wildman–Crippen MR) is 88.7 cm³/mol. The Bertz CT molecular complexity index is 464. The molecule has 3 unspecified atom stereocenters. The Labute approximate surface area is 139 Å². The van der Waals surface area contributed by atoms with Crippen LogP contribution < -0.4 is 0 Å². The summed E-state index contributed by atoms with van der Waals surface area (Å²) in [4.78, 5) is 29.6. The maximum Gasteiger partial charge on any atom is 0.225 e. The van der Waals surface area contributed by atoms with E-state index >= 15 is 0 Å². The summed E-state index contributed by atoms with van der Waals surface area (Å²) in [5.74, 6) is 2.73. The number of rotatable bonds is 2. The molecular formula is C19H30N2O2. The standard InChI is InChI=1S/C19H30N2O2/c22-18(20-8-2-1-3-9-20)15-6-10-21(11-7-15)19(23)17-13-14-4-5-16(17)12-14/h14-17H,1-13H2. The van der Waals surface area contributed by atoms with Crippen molar-refractivity contribution in [2.45, 2.75) is 57.8 Å². The van der Waals surface area contributed by atoms with Gasteiger partial charge in [0.15, 0.2) is 0 Å². The van der Waals surface area contributed by atoms with Crippen LogP contribution in [0, 0.1) is 23.7 Å². The van der Waals surface area contributed by atoms with Crippen molar-refractivity contribution in [3.8, 4) is 0 Å². The molecule has 4 heteroatoms. The minimum Gasteiger partial charge on any atom is -0.342 e. The number of hydrogen-bond donors (Lipinski definition) is 0. The van der Waals surface area contributed by atoms with Crippen molar-refractivity contribution in [1.82, 2.24) is 9.80 Å². The van der Waals surface area contributed by atoms with Crippen molar-refractivity contribution >= 4 is 11.8 Å². The first-order valence-corrected chi connectivity index (χ1v) is 9.80. The second-order valence-corrected chi connectivity index (χ2v) is 8.27. The second-order valence-electron chi connectivity index (χ2n) is 8.27. The number of piperidine rings is 2. The number of hydrogen-bond acceptors (Lipinski definition) is 2. The average molecular weight is 318 g/mol. The molecular weight excluding hydrogens is 288 g/mol. The molecule has 0 aromatic heterocycles. The lowest BCUT2D eigenvalue weighted by Gasteiger charge is -2.37. The highest BCUT2D eigenvalue weighted by molar-refractivity contribution is 5.81. The van der Waals surface area contributed by atoms with Gasteiger partial charge in [-0.1, -0.05) is 6.42 Å². The molecule has 0 radical (unpaired) electrons. The van der Waals surface area contributed by atoms with Gasteiger partial charge in [-0.2, -0.15) is 0 Å². The fourth-order valence-corrected chi connectivity index (χ4v) is 5.50. The average Bonchev–Trinajstić information content (AvgIpc) is 3.25. The molecule has 0 aromatic rings. The van der Waals surface area contributed by atoms with Crippen molar-refractivity contribution < 1.29 is 9.59 Å². The Morgan fingerprint density at radius 2 is 1.39 bits per heavy atom. The Morgan fingerprint density at radius 3 is 2.00 bits per heavy atom. The molecule has 0 spiro atoms. The summed E-state index contributed by atoms with van der Waals surface area (Å²) in [6.45, 7) is 3.50. The number of likely N-dealkylation sites (tertiary alicyclic amines) is 2. The van der Waals surface area contributed by atoms with E-state index < -0.39 is 0 Å². The summed E-state index contributed by atoms with van der Waals surface area (Å²) in [6.07, 6.45) is 10.4. The van der Waals surface area contributed by atoms with Gasteiger partial charge < -0.3 is 9.80 Å². The lowest BCUT2D eigenvalue weighted by atomic mass is 9.86. The zero-order valence-electron chi connectivity index (χ0n) is 14.2. The smallest absolute Gasteiger partial charge is 0.225 e. The van der Waals surface area contributed by atoms with Crippen LogP contribution in [0.4, 0.5) is 0 Å². The third kappa shape index (κ3) is 3.01. The van der Waals surface area contributed by atoms with Crippen LogP contribution in [0.15, 0.2) is 0 Å². The van der Waals surface area contributed by atoms with Crippen LogP contribution in [0.25, 0.3) is 0 Å². The molecule has 4 fully saturated rings. The van der Waals surface area contributed by atoms with E-state index in [4.69, 9.17) is 0 Å². The van der Waals surface area contributed by atoms with Crippen molar-refractivity contribution in [2.24, 2.45) is 23.7 Å². The lowest BCUT2D eigenvalue weighted by Crippen LogP contribution is -2.47. The highest BCUT2D eigenvalue weighted by Gasteiger charge is 2.45. The molecule has 23 heavy (non-hydrogen) atoms. The molecule has 128 valence electrons. The predicted octanol–water partition coefficient (Wildman–Crippen LogP) is 2.67. The SMILES string of the molecule is O=C(C1CCN(C(=O)C2CC3CCC2C3)CC1)N1CCCCC1. The van der Waals surface area contributed by atoms with Gasteiger partial charge in [0.25, 0.3) is 0 Å². The topological polar surface area (TPSA) is 40.6 Å². The van der Waals surface area contributed by atoms with Gasteiger partial charge in [0.1, 0.15) is 0 Å². The molecule has 3 atom stereocenters. The molecule has 2 aliphatic heterocycles. The lowest BCUT2D eigenvalue weighted by molar-refractivity contribution is -0.144. The van der Waals surface area contributed by atoms with Crippen LogP contribution in [0.2, 0.25) is 0 Å². The Hall–Kier alpha value is -1.06. The summed E-state index contributed by atoms with van der Waals surface area (Å²) in [7, 11) is 0. The van der Waals surface area contributed by atoms with E-state index in [1.807, 2.05) is 0 Å². The van der Waals surface area contributed by atoms with Gasteiger partial charge in [0, 0.05) is 38.0 Å². The van der Waals surface area contributed by atoms with Crippen molar-refractivity contribution in [2.75, 3.05) is 26.2 Å². The number of carbonyl (C=O) groups is 2. The molecule has 2 bridgehead atoms. The monoisotopic (exact) mass is 318 g/mol. The van der Waals surface area contributed by atoms with Gasteiger partial charge in [-0.25, -0.2) is 0 Å². The Balaban J connectivity index is 1.29. The van der Waals surface area contributed by atoms with E-state index in [0.29, 0.717) is 23.7 Å². The molecule has 4 rings (SSSR count). The van der Waals surface area contributed by atoms with Gasteiger partial charge in [-0.15, -0.1) is 0 Å². The first-order valence-electron chi connectivity index (χ1n) is 9.80. The van der Waals surface area contributed by atoms with Gasteiger partial charge in [-0.3, -0.25) is 9.59 Å². The highest BCUT2D eigenvalue weighted by atomic mass is 16.2. The fraction of sp³-hybridized carbons (Fsp3) is 0.895. The summed E-state index contributed by atoms with van der Waals surface area (Å²) < 4.78 is 0. The molecule has 2 aliphatic carbocycles. The third-order valence-corrected chi connectivity index (χ3v) is 6.88. The second kappa shape index (κ2) is 6.45. The van der Waals surface area contributed by atoms with Crippen molar-refractivity contribution in [1.29, 1.82) is 0 Å². The van der Waals surface area contributed by atoms with Crippen LogP contribution in [0.5, 0.6) is 0 Å². The summed E-state index contributed by atoms with van der Waals surface area (Å²) in [6, 6.07) is 0. The molecule has 0 aromatic carbocycles. The zero-order chi connectivity index (χ0) is 15.8. The maximum absolute atomic E-state index is 12.8. The van der Waals surface area contributed by atoms with E-state index in [-0.39, 0.29) is 5.92 Å². The Morgan fingerprint density at radius 1 is 0.696 bits per heavy atom.